The standard InChI is InChI=1S/C14H15N3O3/c18-13(19)7-11-9-17(5-6-20-11)14-15-8-10-3-1-2-4-12(10)16-14/h1-4,8,11H,5-7,9H2,(H,18,19). The first-order chi connectivity index (χ1) is 9.72. The van der Waals surface area contributed by atoms with Crippen LogP contribution in [0.4, 0.5) is 5.95 Å². The molecule has 1 aromatic heterocycles. The van der Waals surface area contributed by atoms with E-state index >= 15 is 0 Å². The zero-order valence-electron chi connectivity index (χ0n) is 10.9. The van der Waals surface area contributed by atoms with E-state index in [0.717, 1.165) is 10.9 Å². The number of aliphatic carboxylic acids is 1. The molecule has 0 spiro atoms. The van der Waals surface area contributed by atoms with Gasteiger partial charge in [0, 0.05) is 24.7 Å². The number of nitrogens with zero attached hydrogens (tertiary/aromatic N) is 3. The van der Waals surface area contributed by atoms with E-state index in [1.54, 1.807) is 6.20 Å². The van der Waals surface area contributed by atoms with E-state index < -0.39 is 5.97 Å². The van der Waals surface area contributed by atoms with Gasteiger partial charge in [-0.15, -0.1) is 0 Å². The van der Waals surface area contributed by atoms with Crippen molar-refractivity contribution in [2.24, 2.45) is 0 Å². The second-order valence-electron chi connectivity index (χ2n) is 4.77. The average Bonchev–Trinajstić information content (AvgIpc) is 2.46. The van der Waals surface area contributed by atoms with Gasteiger partial charge in [0.15, 0.2) is 0 Å². The quantitative estimate of drug-likeness (QED) is 0.908. The Morgan fingerprint density at radius 3 is 3.15 bits per heavy atom. The molecule has 0 bridgehead atoms. The zero-order chi connectivity index (χ0) is 13.9. The fourth-order valence-electron chi connectivity index (χ4n) is 2.33. The van der Waals surface area contributed by atoms with Crippen molar-refractivity contribution in [2.45, 2.75) is 12.5 Å². The number of rotatable bonds is 3. The summed E-state index contributed by atoms with van der Waals surface area (Å²) >= 11 is 0. The van der Waals surface area contributed by atoms with Crippen LogP contribution in [-0.2, 0) is 9.53 Å². The van der Waals surface area contributed by atoms with Crippen molar-refractivity contribution >= 4 is 22.8 Å². The second kappa shape index (κ2) is 5.42. The SMILES string of the molecule is O=C(O)CC1CN(c2ncc3ccccc3n2)CCO1. The van der Waals surface area contributed by atoms with Gasteiger partial charge in [0.2, 0.25) is 5.95 Å². The van der Waals surface area contributed by atoms with Crippen LogP contribution in [0.15, 0.2) is 30.5 Å². The second-order valence-corrected chi connectivity index (χ2v) is 4.77. The molecule has 20 heavy (non-hydrogen) atoms. The molecule has 1 unspecified atom stereocenters. The summed E-state index contributed by atoms with van der Waals surface area (Å²) in [6.45, 7) is 1.67. The van der Waals surface area contributed by atoms with Crippen LogP contribution in [0, 0.1) is 0 Å². The first-order valence-corrected chi connectivity index (χ1v) is 6.52. The highest BCUT2D eigenvalue weighted by Crippen LogP contribution is 2.18. The summed E-state index contributed by atoms with van der Waals surface area (Å²) in [7, 11) is 0. The number of para-hydroxylation sites is 1. The van der Waals surface area contributed by atoms with Gasteiger partial charge in [0.25, 0.3) is 0 Å². The van der Waals surface area contributed by atoms with Gasteiger partial charge in [-0.05, 0) is 6.07 Å². The number of carboxylic acid groups (broad SMARTS) is 1. The number of carbonyl (C=O) groups is 1. The fourth-order valence-corrected chi connectivity index (χ4v) is 2.33. The normalized spacial score (nSPS) is 19.2. The van der Waals surface area contributed by atoms with Crippen molar-refractivity contribution in [1.29, 1.82) is 0 Å². The summed E-state index contributed by atoms with van der Waals surface area (Å²) in [5.41, 5.74) is 0.888. The lowest BCUT2D eigenvalue weighted by molar-refractivity contribution is -0.140. The summed E-state index contributed by atoms with van der Waals surface area (Å²) in [5, 5.41) is 9.83. The third-order valence-electron chi connectivity index (χ3n) is 3.30. The molecule has 0 saturated carbocycles. The Labute approximate surface area is 116 Å². The fraction of sp³-hybridized carbons (Fsp3) is 0.357. The lowest BCUT2D eigenvalue weighted by Crippen LogP contribution is -2.44. The number of carboxylic acids is 1. The maximum atomic E-state index is 10.8. The van der Waals surface area contributed by atoms with Gasteiger partial charge >= 0.3 is 5.97 Å². The Morgan fingerprint density at radius 1 is 1.45 bits per heavy atom. The number of hydrogen-bond donors (Lipinski definition) is 1. The third-order valence-corrected chi connectivity index (χ3v) is 3.30. The summed E-state index contributed by atoms with van der Waals surface area (Å²) in [6, 6.07) is 7.79. The molecule has 1 aromatic carbocycles. The molecule has 2 aromatic rings. The highest BCUT2D eigenvalue weighted by molar-refractivity contribution is 5.78. The van der Waals surface area contributed by atoms with E-state index in [1.807, 2.05) is 29.2 Å². The largest absolute Gasteiger partial charge is 0.481 e. The Hall–Kier alpha value is -2.21. The van der Waals surface area contributed by atoms with Crippen LogP contribution in [0.1, 0.15) is 6.42 Å². The predicted octanol–water partition coefficient (Wildman–Crippen LogP) is 1.31. The van der Waals surface area contributed by atoms with Crippen molar-refractivity contribution in [2.75, 3.05) is 24.6 Å². The first kappa shape index (κ1) is 12.8. The lowest BCUT2D eigenvalue weighted by Gasteiger charge is -2.32. The van der Waals surface area contributed by atoms with Gasteiger partial charge in [0.05, 0.1) is 24.6 Å². The van der Waals surface area contributed by atoms with Crippen LogP contribution >= 0.6 is 0 Å². The molecule has 1 atom stereocenters. The number of ether oxygens (including phenoxy) is 1. The van der Waals surface area contributed by atoms with Crippen molar-refractivity contribution < 1.29 is 14.6 Å². The molecule has 0 amide bonds. The Balaban J connectivity index is 1.81. The number of hydrogen-bond acceptors (Lipinski definition) is 5. The number of anilines is 1. The van der Waals surface area contributed by atoms with Gasteiger partial charge in [-0.2, -0.15) is 0 Å². The van der Waals surface area contributed by atoms with Crippen molar-refractivity contribution in [1.82, 2.24) is 9.97 Å². The minimum absolute atomic E-state index is 0.00405. The zero-order valence-corrected chi connectivity index (χ0v) is 10.9. The van der Waals surface area contributed by atoms with Crippen LogP contribution < -0.4 is 4.90 Å². The monoisotopic (exact) mass is 273 g/mol. The van der Waals surface area contributed by atoms with E-state index in [4.69, 9.17) is 9.84 Å². The van der Waals surface area contributed by atoms with Gasteiger partial charge in [-0.25, -0.2) is 9.97 Å². The molecule has 3 rings (SSSR count). The van der Waals surface area contributed by atoms with Crippen LogP contribution in [0.2, 0.25) is 0 Å². The van der Waals surface area contributed by atoms with E-state index in [-0.39, 0.29) is 12.5 Å². The molecular weight excluding hydrogens is 258 g/mol. The molecule has 1 N–H and O–H groups in total. The molecule has 1 aliphatic heterocycles. The van der Waals surface area contributed by atoms with Crippen LogP contribution in [-0.4, -0.2) is 46.8 Å². The minimum atomic E-state index is -0.851. The molecule has 0 radical (unpaired) electrons. The molecule has 6 nitrogen and oxygen atoms in total. The smallest absolute Gasteiger partial charge is 0.306 e. The summed E-state index contributed by atoms with van der Waals surface area (Å²) in [6.07, 6.45) is 1.49. The summed E-state index contributed by atoms with van der Waals surface area (Å²) in [5.74, 6) is -0.223. The molecule has 0 aliphatic carbocycles. The van der Waals surface area contributed by atoms with Gasteiger partial charge < -0.3 is 14.7 Å². The molecular formula is C14H15N3O3. The van der Waals surface area contributed by atoms with E-state index in [2.05, 4.69) is 9.97 Å². The first-order valence-electron chi connectivity index (χ1n) is 6.52. The Morgan fingerprint density at radius 2 is 2.30 bits per heavy atom. The Kier molecular flexibility index (Phi) is 3.47. The van der Waals surface area contributed by atoms with Crippen LogP contribution in [0.3, 0.4) is 0 Å². The maximum Gasteiger partial charge on any atom is 0.306 e. The molecule has 104 valence electrons. The van der Waals surface area contributed by atoms with Crippen LogP contribution in [0.25, 0.3) is 10.9 Å². The number of aromatic nitrogens is 2. The molecule has 2 heterocycles. The highest BCUT2D eigenvalue weighted by atomic mass is 16.5. The van der Waals surface area contributed by atoms with E-state index in [9.17, 15) is 4.79 Å². The maximum absolute atomic E-state index is 10.8. The summed E-state index contributed by atoms with van der Waals surface area (Å²) in [4.78, 5) is 21.6. The number of benzene rings is 1. The molecule has 1 aliphatic rings. The lowest BCUT2D eigenvalue weighted by atomic mass is 10.2. The van der Waals surface area contributed by atoms with Crippen molar-refractivity contribution in [3.8, 4) is 0 Å². The van der Waals surface area contributed by atoms with Crippen LogP contribution in [0.5, 0.6) is 0 Å². The van der Waals surface area contributed by atoms with Crippen molar-refractivity contribution in [3.05, 3.63) is 30.5 Å². The van der Waals surface area contributed by atoms with E-state index in [0.29, 0.717) is 25.6 Å². The third kappa shape index (κ3) is 2.70. The highest BCUT2D eigenvalue weighted by Gasteiger charge is 2.24. The van der Waals surface area contributed by atoms with Gasteiger partial charge in [-0.1, -0.05) is 18.2 Å². The molecule has 6 heteroatoms. The topological polar surface area (TPSA) is 75.5 Å². The number of fused-ring (bicyclic) bond motifs is 1. The van der Waals surface area contributed by atoms with Gasteiger partial charge in [-0.3, -0.25) is 4.79 Å². The number of morpholine rings is 1. The minimum Gasteiger partial charge on any atom is -0.481 e. The van der Waals surface area contributed by atoms with Crippen molar-refractivity contribution in [3.63, 3.8) is 0 Å². The Bertz CT molecular complexity index is 632. The summed E-state index contributed by atoms with van der Waals surface area (Å²) < 4.78 is 5.45. The van der Waals surface area contributed by atoms with Gasteiger partial charge in [0.1, 0.15) is 0 Å². The predicted molar refractivity (Wildman–Crippen MR) is 73.7 cm³/mol. The molecule has 1 fully saturated rings. The molecule has 1 saturated heterocycles. The van der Waals surface area contributed by atoms with E-state index in [1.165, 1.54) is 0 Å². The average molecular weight is 273 g/mol.